The lowest BCUT2D eigenvalue weighted by Gasteiger charge is -2.24. The van der Waals surface area contributed by atoms with Crippen molar-refractivity contribution in [2.75, 3.05) is 49.0 Å². The number of benzene rings is 4. The predicted octanol–water partition coefficient (Wildman–Crippen LogP) is 9.30. The maximum atomic E-state index is 13.5. The molecule has 0 aliphatic carbocycles. The van der Waals surface area contributed by atoms with Crippen LogP contribution in [-0.2, 0) is 33.2 Å². The molecule has 314 valence electrons. The molecular formula is C44H46N4O10S2. The van der Waals surface area contributed by atoms with Crippen LogP contribution in [0.1, 0.15) is 52.8 Å². The van der Waals surface area contributed by atoms with Crippen LogP contribution in [-0.4, -0.2) is 64.2 Å². The molecule has 4 aromatic carbocycles. The van der Waals surface area contributed by atoms with E-state index in [0.29, 0.717) is 54.0 Å². The van der Waals surface area contributed by atoms with Crippen molar-refractivity contribution in [3.05, 3.63) is 124 Å². The number of hydrogen-bond donors (Lipinski definition) is 4. The molecule has 0 unspecified atom stereocenters. The summed E-state index contributed by atoms with van der Waals surface area (Å²) in [7, 11) is -0.657. The van der Waals surface area contributed by atoms with Gasteiger partial charge in [-0.15, -0.1) is 11.3 Å². The maximum absolute atomic E-state index is 13.5. The average molecular weight is 855 g/mol. The van der Waals surface area contributed by atoms with Gasteiger partial charge in [-0.1, -0.05) is 45.0 Å². The van der Waals surface area contributed by atoms with E-state index < -0.39 is 22.0 Å². The molecule has 0 radical (unpaired) electrons. The molecule has 0 saturated carbocycles. The number of aromatic nitrogens is 1. The summed E-state index contributed by atoms with van der Waals surface area (Å²) in [5.41, 5.74) is 3.32. The number of aromatic carboxylic acids is 1. The van der Waals surface area contributed by atoms with Gasteiger partial charge in [-0.05, 0) is 65.1 Å². The number of ether oxygens (including phenoxy) is 5. The first-order valence-corrected chi connectivity index (χ1v) is 21.5. The molecule has 2 amide bonds. The third-order valence-corrected chi connectivity index (χ3v) is 10.6. The summed E-state index contributed by atoms with van der Waals surface area (Å²) in [5.74, 6) is 1.55. The smallest absolute Gasteiger partial charge is 0.336 e. The first-order valence-electron chi connectivity index (χ1n) is 18.7. The molecule has 0 spiro atoms. The zero-order valence-electron chi connectivity index (χ0n) is 34.0. The molecule has 6 rings (SSSR count). The third kappa shape index (κ3) is 11.4. The largest absolute Gasteiger partial charge is 0.497 e. The number of rotatable bonds is 17. The van der Waals surface area contributed by atoms with Crippen LogP contribution in [0.15, 0.2) is 96.5 Å². The zero-order chi connectivity index (χ0) is 43.0. The van der Waals surface area contributed by atoms with Crippen molar-refractivity contribution >= 4 is 61.2 Å². The summed E-state index contributed by atoms with van der Waals surface area (Å²) in [6.45, 7) is 6.83. The average Bonchev–Trinajstić information content (AvgIpc) is 3.67. The molecule has 6 aromatic rings. The number of nitrogens with one attached hydrogen (secondary N) is 3. The Morgan fingerprint density at radius 1 is 0.817 bits per heavy atom. The van der Waals surface area contributed by atoms with Crippen LogP contribution in [0.2, 0.25) is 0 Å². The summed E-state index contributed by atoms with van der Waals surface area (Å²) in [6, 6.07) is 24.8. The van der Waals surface area contributed by atoms with Gasteiger partial charge < -0.3 is 39.4 Å². The highest BCUT2D eigenvalue weighted by molar-refractivity contribution is 7.92. The van der Waals surface area contributed by atoms with E-state index in [1.54, 1.807) is 61.2 Å². The minimum Gasteiger partial charge on any atom is -0.497 e. The number of sulfonamides is 1. The van der Waals surface area contributed by atoms with Crippen molar-refractivity contribution in [2.45, 2.75) is 39.2 Å². The first-order chi connectivity index (χ1) is 28.6. The number of urea groups is 1. The molecule has 0 fully saturated rings. The minimum atomic E-state index is -3.65. The van der Waals surface area contributed by atoms with Gasteiger partial charge in [0.15, 0.2) is 5.75 Å². The Morgan fingerprint density at radius 3 is 2.25 bits per heavy atom. The van der Waals surface area contributed by atoms with Crippen molar-refractivity contribution in [1.29, 1.82) is 0 Å². The molecule has 2 aromatic heterocycles. The second-order valence-electron chi connectivity index (χ2n) is 14.8. The summed E-state index contributed by atoms with van der Waals surface area (Å²) >= 11 is 1.34. The van der Waals surface area contributed by atoms with E-state index in [0.717, 1.165) is 38.7 Å². The number of fused-ring (bicyclic) bond motifs is 1. The van der Waals surface area contributed by atoms with E-state index in [-0.39, 0.29) is 29.0 Å². The van der Waals surface area contributed by atoms with Crippen molar-refractivity contribution in [1.82, 2.24) is 4.98 Å². The summed E-state index contributed by atoms with van der Waals surface area (Å²) < 4.78 is 56.0. The quantitative estimate of drug-likeness (QED) is 0.0642. The Kier molecular flexibility index (Phi) is 13.5. The van der Waals surface area contributed by atoms with Crippen LogP contribution in [0.3, 0.4) is 0 Å². The topological polar surface area (TPSA) is 184 Å². The van der Waals surface area contributed by atoms with E-state index in [9.17, 15) is 18.0 Å². The van der Waals surface area contributed by atoms with Crippen LogP contribution < -0.4 is 34.3 Å². The van der Waals surface area contributed by atoms with Crippen LogP contribution in [0.25, 0.3) is 10.8 Å². The van der Waals surface area contributed by atoms with Crippen molar-refractivity contribution in [3.8, 4) is 28.7 Å². The Balaban J connectivity index is 1.13. The fourth-order valence-electron chi connectivity index (χ4n) is 6.24. The fraction of sp³-hybridized carbons (Fsp3) is 0.250. The number of nitrogens with zero attached hydrogens (tertiary/aromatic N) is 1. The molecule has 60 heavy (non-hydrogen) atoms. The number of thiophene rings is 1. The molecule has 4 N–H and O–H groups in total. The Morgan fingerprint density at radius 2 is 1.55 bits per heavy atom. The van der Waals surface area contributed by atoms with Gasteiger partial charge in [0, 0.05) is 51.5 Å². The summed E-state index contributed by atoms with van der Waals surface area (Å²) in [4.78, 5) is 30.0. The standard InChI is InChI=1S/C44H46N4O10S2/c1-44(2,3)29-21-38(41(55-5)39(22-29)48-60(6,52)53)47-43(51)46-37-11-12-40(36-10-8-7-9-35(36)37)58-31-13-14-45-30(23-31)17-27-18-32(54-4)24-33(19-27)57-16-15-56-25-34-20-28(26-59-34)42(49)50/h7-14,18-24,26,48H,15-17,25H2,1-6H3,(H,49,50)(H2,46,47,51). The monoisotopic (exact) mass is 854 g/mol. The van der Waals surface area contributed by atoms with E-state index in [1.807, 2.05) is 63.2 Å². The fourth-order valence-corrected chi connectivity index (χ4v) is 7.59. The van der Waals surface area contributed by atoms with Crippen molar-refractivity contribution < 1.29 is 46.8 Å². The highest BCUT2D eigenvalue weighted by Crippen LogP contribution is 2.40. The van der Waals surface area contributed by atoms with Gasteiger partial charge in [0.25, 0.3) is 0 Å². The molecule has 14 nitrogen and oxygen atoms in total. The highest BCUT2D eigenvalue weighted by Gasteiger charge is 2.23. The van der Waals surface area contributed by atoms with E-state index in [1.165, 1.54) is 18.4 Å². The van der Waals surface area contributed by atoms with E-state index >= 15 is 0 Å². The van der Waals surface area contributed by atoms with E-state index in [4.69, 9.17) is 28.8 Å². The van der Waals surface area contributed by atoms with Gasteiger partial charge in [-0.3, -0.25) is 9.71 Å². The Bertz CT molecular complexity index is 2620. The van der Waals surface area contributed by atoms with Crippen LogP contribution in [0.4, 0.5) is 21.9 Å². The van der Waals surface area contributed by atoms with Gasteiger partial charge in [-0.25, -0.2) is 18.0 Å². The lowest BCUT2D eigenvalue weighted by Crippen LogP contribution is -2.22. The number of amides is 2. The normalized spacial score (nSPS) is 11.5. The molecule has 16 heteroatoms. The van der Waals surface area contributed by atoms with Crippen LogP contribution in [0, 0.1) is 0 Å². The second kappa shape index (κ2) is 18.7. The number of methoxy groups -OCH3 is 2. The molecule has 0 atom stereocenters. The third-order valence-electron chi connectivity index (χ3n) is 9.05. The highest BCUT2D eigenvalue weighted by atomic mass is 32.2. The van der Waals surface area contributed by atoms with Crippen molar-refractivity contribution in [3.63, 3.8) is 0 Å². The number of carbonyl (C=O) groups is 2. The van der Waals surface area contributed by atoms with Gasteiger partial charge in [0.05, 0.1) is 56.3 Å². The molecule has 0 aliphatic heterocycles. The number of pyridine rings is 1. The summed E-state index contributed by atoms with van der Waals surface area (Å²) in [6.07, 6.45) is 3.18. The van der Waals surface area contributed by atoms with Gasteiger partial charge >= 0.3 is 12.0 Å². The van der Waals surface area contributed by atoms with Crippen LogP contribution >= 0.6 is 11.3 Å². The molecule has 2 heterocycles. The van der Waals surface area contributed by atoms with Gasteiger partial charge in [0.2, 0.25) is 10.0 Å². The first kappa shape index (κ1) is 43.2. The SMILES string of the molecule is COc1cc(Cc2cc(Oc3ccc(NC(=O)Nc4cc(C(C)(C)C)cc(NS(C)(=O)=O)c4OC)c4ccccc34)ccn2)cc(OCCOCc2cc(C(=O)O)cs2)c1. The number of anilines is 3. The van der Waals surface area contributed by atoms with Crippen LogP contribution in [0.5, 0.6) is 28.7 Å². The van der Waals surface area contributed by atoms with E-state index in [2.05, 4.69) is 20.3 Å². The Hall–Kier alpha value is -6.36. The minimum absolute atomic E-state index is 0.168. The second-order valence-corrected chi connectivity index (χ2v) is 17.5. The molecular weight excluding hydrogens is 809 g/mol. The molecule has 0 aliphatic rings. The Labute approximate surface area is 352 Å². The molecule has 0 bridgehead atoms. The lowest BCUT2D eigenvalue weighted by atomic mass is 9.86. The zero-order valence-corrected chi connectivity index (χ0v) is 35.6. The van der Waals surface area contributed by atoms with Crippen molar-refractivity contribution in [2.24, 2.45) is 0 Å². The number of carbonyl (C=O) groups excluding carboxylic acids is 1. The van der Waals surface area contributed by atoms with Gasteiger partial charge in [-0.2, -0.15) is 0 Å². The number of carboxylic acids is 1. The predicted molar refractivity (Wildman–Crippen MR) is 233 cm³/mol. The summed E-state index contributed by atoms with van der Waals surface area (Å²) in [5, 5.41) is 17.9. The molecule has 0 saturated heterocycles. The lowest BCUT2D eigenvalue weighted by molar-refractivity contribution is 0.0696. The number of hydrogen-bond acceptors (Lipinski definition) is 11. The van der Waals surface area contributed by atoms with Gasteiger partial charge in [0.1, 0.15) is 29.6 Å². The number of carboxylic acid groups (broad SMARTS) is 1. The maximum Gasteiger partial charge on any atom is 0.336 e.